The summed E-state index contributed by atoms with van der Waals surface area (Å²) >= 11 is 0. The van der Waals surface area contributed by atoms with Crippen molar-refractivity contribution < 1.29 is 4.79 Å². The van der Waals surface area contributed by atoms with E-state index < -0.39 is 0 Å². The van der Waals surface area contributed by atoms with Crippen LogP contribution in [0.4, 0.5) is 0 Å². The van der Waals surface area contributed by atoms with E-state index in [1.165, 1.54) is 0 Å². The number of carbonyl (C=O) groups is 1. The molecule has 0 N–H and O–H groups in total. The third-order valence-electron chi connectivity index (χ3n) is 4.50. The number of aryl methyl sites for hydroxylation is 1. The molecular weight excluding hydrogens is 278 g/mol. The number of likely N-dealkylation sites (tertiary alicyclic amines) is 1. The van der Waals surface area contributed by atoms with Crippen LogP contribution in [0, 0.1) is 6.92 Å². The summed E-state index contributed by atoms with van der Waals surface area (Å²) in [5.74, 6) is 0.654. The first kappa shape index (κ1) is 15.0. The second-order valence-electron chi connectivity index (χ2n) is 6.18. The summed E-state index contributed by atoms with van der Waals surface area (Å²) in [7, 11) is 4.23. The van der Waals surface area contributed by atoms with Gasteiger partial charge >= 0.3 is 0 Å². The molecule has 2 aromatic rings. The van der Waals surface area contributed by atoms with Crippen LogP contribution in [-0.2, 0) is 0 Å². The molecule has 1 aliphatic heterocycles. The molecule has 1 amide bonds. The van der Waals surface area contributed by atoms with E-state index >= 15 is 0 Å². The predicted octanol–water partition coefficient (Wildman–Crippen LogP) is 1.59. The third-order valence-corrected chi connectivity index (χ3v) is 4.50. The van der Waals surface area contributed by atoms with Gasteiger partial charge in [-0.15, -0.1) is 0 Å². The summed E-state index contributed by atoms with van der Waals surface area (Å²) in [5.41, 5.74) is 1.39. The number of imidazole rings is 1. The molecular formula is C16H23N5O. The molecule has 0 aliphatic carbocycles. The summed E-state index contributed by atoms with van der Waals surface area (Å²) in [5, 5.41) is 0. The largest absolute Gasteiger partial charge is 0.337 e. The molecule has 1 aliphatic rings. The predicted molar refractivity (Wildman–Crippen MR) is 85.0 cm³/mol. The molecule has 1 fully saturated rings. The third kappa shape index (κ3) is 2.70. The minimum Gasteiger partial charge on any atom is -0.337 e. The molecule has 118 valence electrons. The van der Waals surface area contributed by atoms with E-state index in [2.05, 4.69) is 29.0 Å². The van der Waals surface area contributed by atoms with Gasteiger partial charge in [0.05, 0.1) is 5.69 Å². The van der Waals surface area contributed by atoms with E-state index in [0.29, 0.717) is 17.5 Å². The molecule has 3 heterocycles. The van der Waals surface area contributed by atoms with Crippen molar-refractivity contribution >= 4 is 11.7 Å². The van der Waals surface area contributed by atoms with Gasteiger partial charge in [0.25, 0.3) is 5.91 Å². The highest BCUT2D eigenvalue weighted by Gasteiger charge is 2.26. The number of nitrogens with zero attached hydrogens (tertiary/aromatic N) is 5. The zero-order chi connectivity index (χ0) is 15.7. The Morgan fingerprint density at radius 1 is 1.32 bits per heavy atom. The Balaban J connectivity index is 1.85. The van der Waals surface area contributed by atoms with Crippen LogP contribution < -0.4 is 0 Å². The second-order valence-corrected chi connectivity index (χ2v) is 6.18. The number of carbonyl (C=O) groups excluding carboxylic acids is 1. The van der Waals surface area contributed by atoms with Crippen molar-refractivity contribution in [3.8, 4) is 0 Å². The van der Waals surface area contributed by atoms with Crippen LogP contribution in [-0.4, -0.2) is 63.3 Å². The van der Waals surface area contributed by atoms with E-state index in [9.17, 15) is 4.79 Å². The number of hydrogen-bond acceptors (Lipinski definition) is 4. The van der Waals surface area contributed by atoms with Gasteiger partial charge in [-0.1, -0.05) is 0 Å². The van der Waals surface area contributed by atoms with E-state index in [1.807, 2.05) is 24.1 Å². The molecule has 0 radical (unpaired) electrons. The van der Waals surface area contributed by atoms with Gasteiger partial charge in [-0.05, 0) is 46.3 Å². The molecule has 1 atom stereocenters. The van der Waals surface area contributed by atoms with E-state index in [-0.39, 0.29) is 5.91 Å². The fraction of sp³-hybridized carbons (Fsp3) is 0.562. The van der Waals surface area contributed by atoms with Gasteiger partial charge in [-0.25, -0.2) is 9.97 Å². The highest BCUT2D eigenvalue weighted by Crippen LogP contribution is 2.18. The first-order chi connectivity index (χ1) is 10.6. The van der Waals surface area contributed by atoms with E-state index in [1.54, 1.807) is 10.6 Å². The molecule has 0 unspecified atom stereocenters. The molecule has 3 rings (SSSR count). The number of rotatable bonds is 2. The average molecular weight is 301 g/mol. The zero-order valence-electron chi connectivity index (χ0n) is 13.5. The maximum absolute atomic E-state index is 12.9. The summed E-state index contributed by atoms with van der Waals surface area (Å²) in [6.07, 6.45) is 6.76. The van der Waals surface area contributed by atoms with Crippen LogP contribution in [0.25, 0.3) is 5.78 Å². The van der Waals surface area contributed by atoms with Crippen molar-refractivity contribution in [3.63, 3.8) is 0 Å². The van der Waals surface area contributed by atoms with Crippen molar-refractivity contribution in [2.45, 2.75) is 32.2 Å². The van der Waals surface area contributed by atoms with Crippen LogP contribution >= 0.6 is 0 Å². The first-order valence-electron chi connectivity index (χ1n) is 7.83. The molecule has 6 heteroatoms. The monoisotopic (exact) mass is 301 g/mol. The minimum absolute atomic E-state index is 0.0670. The quantitative estimate of drug-likeness (QED) is 0.845. The number of fused-ring (bicyclic) bond motifs is 1. The summed E-state index contributed by atoms with van der Waals surface area (Å²) in [4.78, 5) is 25.8. The Morgan fingerprint density at radius 3 is 2.91 bits per heavy atom. The molecule has 0 bridgehead atoms. The lowest BCUT2D eigenvalue weighted by Gasteiger charge is -2.23. The first-order valence-corrected chi connectivity index (χ1v) is 7.83. The molecule has 0 aromatic carbocycles. The maximum atomic E-state index is 12.9. The molecule has 0 spiro atoms. The van der Waals surface area contributed by atoms with Gasteiger partial charge in [0, 0.05) is 31.5 Å². The SMILES string of the molecule is Cc1nc2ncccn2c1C(=O)N1CCC[C@@H](N(C)C)CC1. The highest BCUT2D eigenvalue weighted by atomic mass is 16.2. The van der Waals surface area contributed by atoms with Gasteiger partial charge in [0.1, 0.15) is 5.69 Å². The van der Waals surface area contributed by atoms with Gasteiger partial charge in [0.2, 0.25) is 5.78 Å². The fourth-order valence-corrected chi connectivity index (χ4v) is 3.20. The molecule has 22 heavy (non-hydrogen) atoms. The highest BCUT2D eigenvalue weighted by molar-refractivity contribution is 5.94. The lowest BCUT2D eigenvalue weighted by molar-refractivity contribution is 0.0751. The topological polar surface area (TPSA) is 53.7 Å². The van der Waals surface area contributed by atoms with Crippen LogP contribution in [0.3, 0.4) is 0 Å². The van der Waals surface area contributed by atoms with Crippen molar-refractivity contribution in [3.05, 3.63) is 29.8 Å². The van der Waals surface area contributed by atoms with Crippen LogP contribution in [0.15, 0.2) is 18.5 Å². The van der Waals surface area contributed by atoms with Gasteiger partial charge in [0.15, 0.2) is 0 Å². The molecule has 0 saturated carbocycles. The standard InChI is InChI=1S/C16H23N5O/c1-12-14(21-10-5-8-17-16(21)18-12)15(22)20-9-4-6-13(7-11-20)19(2)3/h5,8,10,13H,4,6-7,9,11H2,1-3H3/t13-/m1/s1. The average Bonchev–Trinajstić information content (AvgIpc) is 2.68. The Kier molecular flexibility index (Phi) is 4.11. The number of amides is 1. The van der Waals surface area contributed by atoms with Crippen LogP contribution in [0.1, 0.15) is 35.4 Å². The zero-order valence-corrected chi connectivity index (χ0v) is 13.5. The maximum Gasteiger partial charge on any atom is 0.272 e. The smallest absolute Gasteiger partial charge is 0.272 e. The van der Waals surface area contributed by atoms with Crippen molar-refractivity contribution in [1.29, 1.82) is 0 Å². The molecule has 2 aromatic heterocycles. The Morgan fingerprint density at radius 2 is 2.14 bits per heavy atom. The van der Waals surface area contributed by atoms with Gasteiger partial charge in [-0.2, -0.15) is 0 Å². The van der Waals surface area contributed by atoms with E-state index in [0.717, 1.165) is 38.0 Å². The lowest BCUT2D eigenvalue weighted by atomic mass is 10.1. The minimum atomic E-state index is 0.0670. The van der Waals surface area contributed by atoms with Crippen molar-refractivity contribution in [1.82, 2.24) is 24.2 Å². The fourth-order valence-electron chi connectivity index (χ4n) is 3.20. The van der Waals surface area contributed by atoms with Crippen molar-refractivity contribution in [2.75, 3.05) is 27.2 Å². The van der Waals surface area contributed by atoms with Crippen molar-refractivity contribution in [2.24, 2.45) is 0 Å². The Bertz CT molecular complexity index is 678. The van der Waals surface area contributed by atoms with Gasteiger partial charge in [-0.3, -0.25) is 9.20 Å². The van der Waals surface area contributed by atoms with E-state index in [4.69, 9.17) is 0 Å². The second kappa shape index (κ2) is 6.04. The van der Waals surface area contributed by atoms with Gasteiger partial charge < -0.3 is 9.80 Å². The number of aromatic nitrogens is 3. The summed E-state index contributed by atoms with van der Waals surface area (Å²) < 4.78 is 1.80. The Hall–Kier alpha value is -1.95. The number of hydrogen-bond donors (Lipinski definition) is 0. The van der Waals surface area contributed by atoms with Crippen LogP contribution in [0.5, 0.6) is 0 Å². The summed E-state index contributed by atoms with van der Waals surface area (Å²) in [6.45, 7) is 3.49. The normalized spacial score (nSPS) is 19.6. The molecule has 1 saturated heterocycles. The summed E-state index contributed by atoms with van der Waals surface area (Å²) in [6, 6.07) is 2.39. The molecule has 6 nitrogen and oxygen atoms in total. The van der Waals surface area contributed by atoms with Crippen LogP contribution in [0.2, 0.25) is 0 Å². The Labute approximate surface area is 130 Å². The lowest BCUT2D eigenvalue weighted by Crippen LogP contribution is -2.34.